The number of carbonyl (C=O) groups is 1. The first-order chi connectivity index (χ1) is 13.5. The molecule has 28 heavy (non-hydrogen) atoms. The Morgan fingerprint density at radius 3 is 2.93 bits per heavy atom. The summed E-state index contributed by atoms with van der Waals surface area (Å²) in [5.41, 5.74) is 0.651. The average molecular weight is 404 g/mol. The van der Waals surface area contributed by atoms with E-state index < -0.39 is 0 Å². The predicted octanol–water partition coefficient (Wildman–Crippen LogP) is 2.38. The standard InChI is InChI=1S/C20H29N5O2S/c1-15(2)25-11-17(22-14-25)16-10-23(12-18-21-5-9-28-18)13-20(16)4-6-24(19(20)26)7-8-27-3/h5,9,11,14-16H,4,6-8,10,12-13H2,1-3H3/t16-,20+/m1/s1. The molecule has 2 saturated heterocycles. The fourth-order valence-corrected chi connectivity index (χ4v) is 5.24. The Labute approximate surface area is 170 Å². The van der Waals surface area contributed by atoms with Crippen LogP contribution in [0.25, 0.3) is 0 Å². The molecule has 1 amide bonds. The lowest BCUT2D eigenvalue weighted by Crippen LogP contribution is -2.40. The molecular weight excluding hydrogens is 374 g/mol. The van der Waals surface area contributed by atoms with Crippen molar-refractivity contribution >= 4 is 17.2 Å². The van der Waals surface area contributed by atoms with Crippen molar-refractivity contribution in [1.82, 2.24) is 24.3 Å². The Balaban J connectivity index is 1.61. The quantitative estimate of drug-likeness (QED) is 0.710. The highest BCUT2D eigenvalue weighted by molar-refractivity contribution is 7.09. The molecule has 2 aromatic rings. The third-order valence-corrected chi connectivity index (χ3v) is 6.90. The second kappa shape index (κ2) is 7.93. The van der Waals surface area contributed by atoms with E-state index in [4.69, 9.17) is 9.72 Å². The van der Waals surface area contributed by atoms with Crippen LogP contribution < -0.4 is 0 Å². The molecule has 0 aliphatic carbocycles. The second-order valence-electron chi connectivity index (χ2n) is 8.18. The highest BCUT2D eigenvalue weighted by Gasteiger charge is 2.57. The summed E-state index contributed by atoms with van der Waals surface area (Å²) in [6.07, 6.45) is 6.76. The van der Waals surface area contributed by atoms with E-state index >= 15 is 0 Å². The molecule has 0 bridgehead atoms. The smallest absolute Gasteiger partial charge is 0.230 e. The van der Waals surface area contributed by atoms with Crippen molar-refractivity contribution in [1.29, 1.82) is 0 Å². The number of aromatic nitrogens is 3. The van der Waals surface area contributed by atoms with E-state index in [9.17, 15) is 4.79 Å². The van der Waals surface area contributed by atoms with Gasteiger partial charge in [-0.2, -0.15) is 0 Å². The molecule has 0 aromatic carbocycles. The van der Waals surface area contributed by atoms with Gasteiger partial charge in [0.15, 0.2) is 0 Å². The summed E-state index contributed by atoms with van der Waals surface area (Å²) in [5, 5.41) is 3.11. The molecule has 2 aliphatic rings. The van der Waals surface area contributed by atoms with Crippen LogP contribution in [0.4, 0.5) is 0 Å². The number of likely N-dealkylation sites (tertiary alicyclic amines) is 2. The SMILES string of the molecule is COCCN1CC[C@@]2(CN(Cc3nccs3)C[C@@H]2c2cn(C(C)C)cn2)C1=O. The molecule has 2 fully saturated rings. The molecule has 2 atom stereocenters. The molecule has 0 radical (unpaired) electrons. The number of thiazole rings is 1. The minimum Gasteiger partial charge on any atom is -0.383 e. The maximum atomic E-state index is 13.5. The first kappa shape index (κ1) is 19.5. The number of imidazole rings is 1. The fraction of sp³-hybridized carbons (Fsp3) is 0.650. The van der Waals surface area contributed by atoms with E-state index in [1.165, 1.54) is 0 Å². The number of rotatable bonds is 7. The van der Waals surface area contributed by atoms with Crippen molar-refractivity contribution in [3.05, 3.63) is 34.8 Å². The second-order valence-corrected chi connectivity index (χ2v) is 9.16. The van der Waals surface area contributed by atoms with Gasteiger partial charge in [0, 0.05) is 63.0 Å². The number of ether oxygens (including phenoxy) is 1. The molecule has 4 heterocycles. The molecule has 2 aliphatic heterocycles. The average Bonchev–Trinajstić information content (AvgIpc) is 3.44. The van der Waals surface area contributed by atoms with Gasteiger partial charge in [-0.1, -0.05) is 0 Å². The van der Waals surface area contributed by atoms with Crippen LogP contribution in [-0.2, 0) is 16.1 Å². The highest BCUT2D eigenvalue weighted by atomic mass is 32.1. The summed E-state index contributed by atoms with van der Waals surface area (Å²) < 4.78 is 7.34. The van der Waals surface area contributed by atoms with Crippen LogP contribution in [0.3, 0.4) is 0 Å². The van der Waals surface area contributed by atoms with Crippen LogP contribution in [0.1, 0.15) is 42.9 Å². The van der Waals surface area contributed by atoms with Gasteiger partial charge < -0.3 is 14.2 Å². The first-order valence-corrected chi connectivity index (χ1v) is 10.8. The normalized spacial score (nSPS) is 25.6. The minimum atomic E-state index is -0.388. The summed E-state index contributed by atoms with van der Waals surface area (Å²) in [6, 6.07) is 0.363. The van der Waals surface area contributed by atoms with Crippen molar-refractivity contribution < 1.29 is 9.53 Å². The Morgan fingerprint density at radius 2 is 2.25 bits per heavy atom. The fourth-order valence-electron chi connectivity index (χ4n) is 4.58. The lowest BCUT2D eigenvalue weighted by atomic mass is 9.75. The van der Waals surface area contributed by atoms with Crippen LogP contribution in [0.5, 0.6) is 0 Å². The Bertz CT molecular complexity index is 805. The molecular formula is C20H29N5O2S. The van der Waals surface area contributed by atoms with Crippen molar-refractivity contribution in [3.63, 3.8) is 0 Å². The maximum Gasteiger partial charge on any atom is 0.230 e. The van der Waals surface area contributed by atoms with Gasteiger partial charge in [0.1, 0.15) is 5.01 Å². The number of amides is 1. The monoisotopic (exact) mass is 403 g/mol. The lowest BCUT2D eigenvalue weighted by molar-refractivity contribution is -0.136. The third kappa shape index (κ3) is 3.49. The summed E-state index contributed by atoms with van der Waals surface area (Å²) in [4.78, 5) is 27.0. The summed E-state index contributed by atoms with van der Waals surface area (Å²) in [7, 11) is 1.68. The Kier molecular flexibility index (Phi) is 5.53. The number of hydrogen-bond donors (Lipinski definition) is 0. The van der Waals surface area contributed by atoms with Gasteiger partial charge in [-0.05, 0) is 20.3 Å². The van der Waals surface area contributed by atoms with Gasteiger partial charge in [-0.3, -0.25) is 9.69 Å². The summed E-state index contributed by atoms with van der Waals surface area (Å²) in [6.45, 7) is 8.76. The van der Waals surface area contributed by atoms with E-state index in [0.717, 1.165) is 43.3 Å². The van der Waals surface area contributed by atoms with Gasteiger partial charge in [0.2, 0.25) is 5.91 Å². The van der Waals surface area contributed by atoms with Crippen LogP contribution in [0.15, 0.2) is 24.1 Å². The van der Waals surface area contributed by atoms with E-state index in [0.29, 0.717) is 19.2 Å². The predicted molar refractivity (Wildman–Crippen MR) is 108 cm³/mol. The van der Waals surface area contributed by atoms with E-state index in [1.54, 1.807) is 18.4 Å². The summed E-state index contributed by atoms with van der Waals surface area (Å²) in [5.74, 6) is 0.378. The minimum absolute atomic E-state index is 0.118. The Morgan fingerprint density at radius 1 is 1.39 bits per heavy atom. The van der Waals surface area contributed by atoms with E-state index in [1.807, 2.05) is 22.8 Å². The largest absolute Gasteiger partial charge is 0.383 e. The molecule has 2 aromatic heterocycles. The molecule has 0 saturated carbocycles. The zero-order valence-corrected chi connectivity index (χ0v) is 17.7. The lowest BCUT2D eigenvalue weighted by Gasteiger charge is -2.28. The molecule has 0 N–H and O–H groups in total. The number of methoxy groups -OCH3 is 1. The molecule has 4 rings (SSSR count). The maximum absolute atomic E-state index is 13.5. The zero-order chi connectivity index (χ0) is 19.7. The van der Waals surface area contributed by atoms with Crippen molar-refractivity contribution in [2.75, 3.05) is 39.9 Å². The van der Waals surface area contributed by atoms with Crippen molar-refractivity contribution in [2.45, 2.75) is 38.8 Å². The van der Waals surface area contributed by atoms with E-state index in [-0.39, 0.29) is 17.2 Å². The van der Waals surface area contributed by atoms with Crippen LogP contribution in [-0.4, -0.2) is 70.1 Å². The number of nitrogens with zero attached hydrogens (tertiary/aromatic N) is 5. The third-order valence-electron chi connectivity index (χ3n) is 6.14. The molecule has 8 heteroatoms. The molecule has 1 spiro atoms. The number of hydrogen-bond acceptors (Lipinski definition) is 6. The summed E-state index contributed by atoms with van der Waals surface area (Å²) >= 11 is 1.67. The van der Waals surface area contributed by atoms with Crippen LogP contribution >= 0.6 is 11.3 Å². The van der Waals surface area contributed by atoms with Gasteiger partial charge >= 0.3 is 0 Å². The van der Waals surface area contributed by atoms with Gasteiger partial charge in [-0.25, -0.2) is 9.97 Å². The van der Waals surface area contributed by atoms with E-state index in [2.05, 4.69) is 34.5 Å². The zero-order valence-electron chi connectivity index (χ0n) is 16.9. The van der Waals surface area contributed by atoms with Crippen LogP contribution in [0, 0.1) is 5.41 Å². The van der Waals surface area contributed by atoms with Crippen molar-refractivity contribution in [2.24, 2.45) is 5.41 Å². The molecule has 7 nitrogen and oxygen atoms in total. The van der Waals surface area contributed by atoms with Gasteiger partial charge in [-0.15, -0.1) is 11.3 Å². The first-order valence-electron chi connectivity index (χ1n) is 9.96. The van der Waals surface area contributed by atoms with Gasteiger partial charge in [0.25, 0.3) is 0 Å². The van der Waals surface area contributed by atoms with Crippen LogP contribution in [0.2, 0.25) is 0 Å². The molecule has 0 unspecified atom stereocenters. The topological polar surface area (TPSA) is 63.5 Å². The highest BCUT2D eigenvalue weighted by Crippen LogP contribution is 2.49. The molecule has 152 valence electrons. The Hall–Kier alpha value is -1.77. The van der Waals surface area contributed by atoms with Crippen molar-refractivity contribution in [3.8, 4) is 0 Å². The van der Waals surface area contributed by atoms with Gasteiger partial charge in [0.05, 0.1) is 30.6 Å². The number of carbonyl (C=O) groups excluding carboxylic acids is 1.